The fourth-order valence-corrected chi connectivity index (χ4v) is 2.91. The van der Waals surface area contributed by atoms with Crippen LogP contribution < -0.4 is 5.73 Å². The highest BCUT2D eigenvalue weighted by molar-refractivity contribution is 5.34. The first-order valence-corrected chi connectivity index (χ1v) is 5.70. The second-order valence-corrected chi connectivity index (χ2v) is 5.35. The van der Waals surface area contributed by atoms with Gasteiger partial charge in [-0.15, -0.1) is 0 Å². The van der Waals surface area contributed by atoms with E-state index < -0.39 is 0 Å². The van der Waals surface area contributed by atoms with Crippen LogP contribution in [0.3, 0.4) is 0 Å². The molecular formula is C12H21N3. The third-order valence-corrected chi connectivity index (χ3v) is 3.92. The molecule has 3 heteroatoms. The van der Waals surface area contributed by atoms with E-state index in [1.54, 1.807) is 0 Å². The molecular weight excluding hydrogens is 186 g/mol. The standard InChI is InChI=1S/C12H21N3/c1-8-11-9(7-13)12(2,3)6-5-10(11)15(4)14-8/h9H,5-7,13H2,1-4H3. The maximum absolute atomic E-state index is 5.93. The molecule has 2 N–H and O–H groups in total. The van der Waals surface area contributed by atoms with Crippen LogP contribution in [0.2, 0.25) is 0 Å². The summed E-state index contributed by atoms with van der Waals surface area (Å²) in [5.74, 6) is 0.468. The maximum Gasteiger partial charge on any atom is 0.0631 e. The summed E-state index contributed by atoms with van der Waals surface area (Å²) >= 11 is 0. The molecule has 1 aliphatic rings. The van der Waals surface area contributed by atoms with Crippen LogP contribution in [-0.4, -0.2) is 16.3 Å². The van der Waals surface area contributed by atoms with E-state index in [-0.39, 0.29) is 0 Å². The van der Waals surface area contributed by atoms with E-state index in [1.807, 2.05) is 11.7 Å². The Balaban J connectivity index is 2.55. The highest BCUT2D eigenvalue weighted by Crippen LogP contribution is 2.45. The summed E-state index contributed by atoms with van der Waals surface area (Å²) in [6.07, 6.45) is 2.34. The topological polar surface area (TPSA) is 43.8 Å². The quantitative estimate of drug-likeness (QED) is 0.762. The number of aryl methyl sites for hydroxylation is 2. The fourth-order valence-electron chi connectivity index (χ4n) is 2.91. The minimum absolute atomic E-state index is 0.315. The maximum atomic E-state index is 5.93. The van der Waals surface area contributed by atoms with Gasteiger partial charge in [-0.25, -0.2) is 0 Å². The van der Waals surface area contributed by atoms with Crippen molar-refractivity contribution in [3.8, 4) is 0 Å². The Morgan fingerprint density at radius 1 is 1.53 bits per heavy atom. The van der Waals surface area contributed by atoms with Gasteiger partial charge in [0.15, 0.2) is 0 Å². The van der Waals surface area contributed by atoms with Gasteiger partial charge in [-0.05, 0) is 31.7 Å². The SMILES string of the molecule is Cc1nn(C)c2c1C(CN)C(C)(C)CC2. The molecule has 0 spiro atoms. The second-order valence-electron chi connectivity index (χ2n) is 5.35. The lowest BCUT2D eigenvalue weighted by molar-refractivity contribution is 0.245. The normalized spacial score (nSPS) is 23.9. The number of fused-ring (bicyclic) bond motifs is 1. The van der Waals surface area contributed by atoms with Crippen molar-refractivity contribution < 1.29 is 0 Å². The third-order valence-electron chi connectivity index (χ3n) is 3.92. The Morgan fingerprint density at radius 2 is 2.20 bits per heavy atom. The van der Waals surface area contributed by atoms with E-state index in [4.69, 9.17) is 5.73 Å². The van der Waals surface area contributed by atoms with Crippen molar-refractivity contribution in [2.75, 3.05) is 6.54 Å². The number of rotatable bonds is 1. The summed E-state index contributed by atoms with van der Waals surface area (Å²) < 4.78 is 2.03. The molecule has 0 saturated heterocycles. The van der Waals surface area contributed by atoms with Gasteiger partial charge >= 0.3 is 0 Å². The number of hydrogen-bond donors (Lipinski definition) is 1. The summed E-state index contributed by atoms with van der Waals surface area (Å²) in [5.41, 5.74) is 10.2. The molecule has 0 bridgehead atoms. The molecule has 3 nitrogen and oxygen atoms in total. The molecule has 84 valence electrons. The minimum atomic E-state index is 0.315. The van der Waals surface area contributed by atoms with Crippen molar-refractivity contribution in [2.24, 2.45) is 18.2 Å². The summed E-state index contributed by atoms with van der Waals surface area (Å²) in [6, 6.07) is 0. The lowest BCUT2D eigenvalue weighted by atomic mass is 9.67. The molecule has 2 rings (SSSR count). The monoisotopic (exact) mass is 207 g/mol. The smallest absolute Gasteiger partial charge is 0.0631 e. The van der Waals surface area contributed by atoms with E-state index in [1.165, 1.54) is 17.7 Å². The molecule has 0 aromatic carbocycles. The van der Waals surface area contributed by atoms with E-state index in [2.05, 4.69) is 25.9 Å². The molecule has 0 radical (unpaired) electrons. The van der Waals surface area contributed by atoms with Gasteiger partial charge in [-0.2, -0.15) is 5.10 Å². The number of nitrogens with zero attached hydrogens (tertiary/aromatic N) is 2. The molecule has 1 aliphatic carbocycles. The lowest BCUT2D eigenvalue weighted by Crippen LogP contribution is -2.33. The molecule has 1 heterocycles. The molecule has 1 atom stereocenters. The van der Waals surface area contributed by atoms with Crippen LogP contribution in [-0.2, 0) is 13.5 Å². The Kier molecular flexibility index (Phi) is 2.38. The highest BCUT2D eigenvalue weighted by atomic mass is 15.3. The Bertz CT molecular complexity index is 376. The highest BCUT2D eigenvalue weighted by Gasteiger charge is 2.37. The second kappa shape index (κ2) is 3.34. The zero-order valence-corrected chi connectivity index (χ0v) is 10.2. The van der Waals surface area contributed by atoms with Gasteiger partial charge in [0, 0.05) is 24.2 Å². The van der Waals surface area contributed by atoms with Crippen molar-refractivity contribution in [2.45, 2.75) is 39.5 Å². The predicted molar refractivity (Wildman–Crippen MR) is 61.8 cm³/mol. The van der Waals surface area contributed by atoms with E-state index in [0.29, 0.717) is 11.3 Å². The average Bonchev–Trinajstić information content (AvgIpc) is 2.41. The number of hydrogen-bond acceptors (Lipinski definition) is 2. The fraction of sp³-hybridized carbons (Fsp3) is 0.750. The van der Waals surface area contributed by atoms with Gasteiger partial charge < -0.3 is 5.73 Å². The van der Waals surface area contributed by atoms with Gasteiger partial charge in [-0.3, -0.25) is 4.68 Å². The number of aromatic nitrogens is 2. The summed E-state index contributed by atoms with van der Waals surface area (Å²) in [4.78, 5) is 0. The number of nitrogens with two attached hydrogens (primary N) is 1. The first-order chi connectivity index (χ1) is 6.97. The van der Waals surface area contributed by atoms with Gasteiger partial charge in [-0.1, -0.05) is 13.8 Å². The molecule has 0 fully saturated rings. The van der Waals surface area contributed by atoms with Crippen LogP contribution in [0.5, 0.6) is 0 Å². The molecule has 0 aliphatic heterocycles. The van der Waals surface area contributed by atoms with Crippen molar-refractivity contribution in [3.63, 3.8) is 0 Å². The van der Waals surface area contributed by atoms with Gasteiger partial charge in [0.25, 0.3) is 0 Å². The molecule has 1 aromatic heterocycles. The van der Waals surface area contributed by atoms with Crippen LogP contribution in [0, 0.1) is 12.3 Å². The van der Waals surface area contributed by atoms with Gasteiger partial charge in [0.2, 0.25) is 0 Å². The first-order valence-electron chi connectivity index (χ1n) is 5.70. The van der Waals surface area contributed by atoms with Crippen molar-refractivity contribution >= 4 is 0 Å². The molecule has 1 aromatic rings. The molecule has 15 heavy (non-hydrogen) atoms. The first kappa shape index (κ1) is 10.7. The van der Waals surface area contributed by atoms with Crippen molar-refractivity contribution in [1.82, 2.24) is 9.78 Å². The van der Waals surface area contributed by atoms with Crippen LogP contribution in [0.25, 0.3) is 0 Å². The van der Waals surface area contributed by atoms with Crippen LogP contribution in [0.4, 0.5) is 0 Å². The van der Waals surface area contributed by atoms with E-state index in [0.717, 1.165) is 18.7 Å². The van der Waals surface area contributed by atoms with Crippen LogP contribution in [0.1, 0.15) is 43.1 Å². The Hall–Kier alpha value is -0.830. The third kappa shape index (κ3) is 1.49. The zero-order valence-electron chi connectivity index (χ0n) is 10.2. The average molecular weight is 207 g/mol. The summed E-state index contributed by atoms with van der Waals surface area (Å²) in [5, 5.41) is 4.52. The van der Waals surface area contributed by atoms with Crippen LogP contribution >= 0.6 is 0 Å². The molecule has 1 unspecified atom stereocenters. The minimum Gasteiger partial charge on any atom is -0.330 e. The van der Waals surface area contributed by atoms with Crippen molar-refractivity contribution in [3.05, 3.63) is 17.0 Å². The van der Waals surface area contributed by atoms with E-state index >= 15 is 0 Å². The Labute approximate surface area is 91.7 Å². The predicted octanol–water partition coefficient (Wildman–Crippen LogP) is 1.74. The Morgan fingerprint density at radius 3 is 2.80 bits per heavy atom. The largest absolute Gasteiger partial charge is 0.330 e. The van der Waals surface area contributed by atoms with E-state index in [9.17, 15) is 0 Å². The summed E-state index contributed by atoms with van der Waals surface area (Å²) in [6.45, 7) is 7.47. The molecule has 0 saturated carbocycles. The summed E-state index contributed by atoms with van der Waals surface area (Å²) in [7, 11) is 2.04. The lowest BCUT2D eigenvalue weighted by Gasteiger charge is -2.38. The molecule has 0 amide bonds. The van der Waals surface area contributed by atoms with Gasteiger partial charge in [0.05, 0.1) is 5.69 Å². The van der Waals surface area contributed by atoms with Gasteiger partial charge in [0.1, 0.15) is 0 Å². The van der Waals surface area contributed by atoms with Crippen molar-refractivity contribution in [1.29, 1.82) is 0 Å². The zero-order chi connectivity index (χ0) is 11.2. The van der Waals surface area contributed by atoms with Crippen LogP contribution in [0.15, 0.2) is 0 Å².